The highest BCUT2D eigenvalue weighted by molar-refractivity contribution is 5.66. The second-order valence-corrected chi connectivity index (χ2v) is 5.12. The molecule has 0 bridgehead atoms. The molecule has 0 saturated carbocycles. The van der Waals surface area contributed by atoms with Crippen LogP contribution in [0.3, 0.4) is 0 Å². The van der Waals surface area contributed by atoms with Gasteiger partial charge in [0.15, 0.2) is 0 Å². The second-order valence-electron chi connectivity index (χ2n) is 5.12. The Hall–Kier alpha value is -1.83. The van der Waals surface area contributed by atoms with Crippen molar-refractivity contribution < 1.29 is 9.90 Å². The largest absolute Gasteiger partial charge is 0.481 e. The summed E-state index contributed by atoms with van der Waals surface area (Å²) in [6.45, 7) is 2.12. The summed E-state index contributed by atoms with van der Waals surface area (Å²) < 4.78 is 0. The second kappa shape index (κ2) is 17.2. The van der Waals surface area contributed by atoms with Gasteiger partial charge in [-0.3, -0.25) is 4.79 Å². The van der Waals surface area contributed by atoms with E-state index in [0.717, 1.165) is 32.1 Å². The minimum atomic E-state index is -0.684. The van der Waals surface area contributed by atoms with E-state index in [9.17, 15) is 4.79 Å². The number of carboxylic acids is 1. The Labute approximate surface area is 135 Å². The van der Waals surface area contributed by atoms with Crippen molar-refractivity contribution in [1.82, 2.24) is 0 Å². The van der Waals surface area contributed by atoms with Crippen molar-refractivity contribution in [3.63, 3.8) is 0 Å². The molecule has 0 heterocycles. The fourth-order valence-electron chi connectivity index (χ4n) is 1.84. The van der Waals surface area contributed by atoms with Crippen LogP contribution in [-0.2, 0) is 4.79 Å². The van der Waals surface area contributed by atoms with Crippen LogP contribution in [0.2, 0.25) is 0 Å². The predicted molar refractivity (Wildman–Crippen MR) is 95.9 cm³/mol. The molecule has 0 aromatic carbocycles. The monoisotopic (exact) mass is 302 g/mol. The number of carboxylic acid groups (broad SMARTS) is 1. The zero-order chi connectivity index (χ0) is 16.3. The van der Waals surface area contributed by atoms with Gasteiger partial charge in [-0.1, -0.05) is 86.9 Å². The SMILES string of the molecule is CC/C=C/C=C/C=C/C=C/C=C/CCCCCCCC(=O)O. The van der Waals surface area contributed by atoms with Gasteiger partial charge in [0.2, 0.25) is 0 Å². The summed E-state index contributed by atoms with van der Waals surface area (Å²) in [5, 5.41) is 8.51. The third kappa shape index (κ3) is 18.2. The van der Waals surface area contributed by atoms with Gasteiger partial charge in [-0.25, -0.2) is 0 Å². The summed E-state index contributed by atoms with van der Waals surface area (Å²) in [5.41, 5.74) is 0. The molecule has 0 radical (unpaired) electrons. The van der Waals surface area contributed by atoms with Gasteiger partial charge in [-0.15, -0.1) is 0 Å². The highest BCUT2D eigenvalue weighted by Crippen LogP contribution is 2.07. The number of hydrogen-bond donors (Lipinski definition) is 1. The summed E-state index contributed by atoms with van der Waals surface area (Å²) in [4.78, 5) is 10.3. The normalized spacial score (nSPS) is 12.8. The van der Waals surface area contributed by atoms with Gasteiger partial charge in [-0.05, 0) is 25.7 Å². The lowest BCUT2D eigenvalue weighted by Gasteiger charge is -1.97. The van der Waals surface area contributed by atoms with E-state index in [1.165, 1.54) is 12.8 Å². The third-order valence-electron chi connectivity index (χ3n) is 3.05. The van der Waals surface area contributed by atoms with Crippen LogP contribution in [0.1, 0.15) is 58.3 Å². The zero-order valence-corrected chi connectivity index (χ0v) is 13.8. The van der Waals surface area contributed by atoms with Crippen LogP contribution in [0.15, 0.2) is 60.8 Å². The summed E-state index contributed by atoms with van der Waals surface area (Å²) in [6, 6.07) is 0. The van der Waals surface area contributed by atoms with E-state index < -0.39 is 5.97 Å². The molecule has 0 spiro atoms. The van der Waals surface area contributed by atoms with Crippen LogP contribution in [0.5, 0.6) is 0 Å². The topological polar surface area (TPSA) is 37.3 Å². The average molecular weight is 302 g/mol. The Morgan fingerprint density at radius 2 is 1.23 bits per heavy atom. The molecule has 2 heteroatoms. The molecule has 0 atom stereocenters. The van der Waals surface area contributed by atoms with Crippen molar-refractivity contribution in [3.05, 3.63) is 60.8 Å². The van der Waals surface area contributed by atoms with Gasteiger partial charge >= 0.3 is 5.97 Å². The Bertz CT molecular complexity index is 398. The van der Waals surface area contributed by atoms with E-state index >= 15 is 0 Å². The lowest BCUT2D eigenvalue weighted by Crippen LogP contribution is -1.93. The van der Waals surface area contributed by atoms with E-state index in [4.69, 9.17) is 5.11 Å². The van der Waals surface area contributed by atoms with Crippen LogP contribution in [0.25, 0.3) is 0 Å². The van der Waals surface area contributed by atoms with E-state index in [2.05, 4.69) is 31.2 Å². The molecule has 0 fully saturated rings. The number of aliphatic carboxylic acids is 1. The van der Waals surface area contributed by atoms with Gasteiger partial charge in [0.1, 0.15) is 0 Å². The molecule has 0 aliphatic rings. The Morgan fingerprint density at radius 1 is 0.727 bits per heavy atom. The average Bonchev–Trinajstić information content (AvgIpc) is 2.50. The molecule has 122 valence electrons. The van der Waals surface area contributed by atoms with Crippen LogP contribution < -0.4 is 0 Å². The number of carbonyl (C=O) groups is 1. The molecule has 0 rings (SSSR count). The molecule has 22 heavy (non-hydrogen) atoms. The van der Waals surface area contributed by atoms with Crippen molar-refractivity contribution in [1.29, 1.82) is 0 Å². The number of allylic oxidation sites excluding steroid dienone is 10. The predicted octanol–water partition coefficient (Wildman–Crippen LogP) is 5.99. The highest BCUT2D eigenvalue weighted by Gasteiger charge is 1.95. The van der Waals surface area contributed by atoms with Gasteiger partial charge in [0.05, 0.1) is 0 Å². The minimum Gasteiger partial charge on any atom is -0.481 e. The Kier molecular flexibility index (Phi) is 15.8. The maximum Gasteiger partial charge on any atom is 0.303 e. The van der Waals surface area contributed by atoms with Gasteiger partial charge < -0.3 is 5.11 Å². The van der Waals surface area contributed by atoms with Gasteiger partial charge in [0, 0.05) is 6.42 Å². The van der Waals surface area contributed by atoms with Crippen molar-refractivity contribution >= 4 is 5.97 Å². The Balaban J connectivity index is 3.44. The summed E-state index contributed by atoms with van der Waals surface area (Å²) in [5.74, 6) is -0.684. The molecule has 1 N–H and O–H groups in total. The fourth-order valence-corrected chi connectivity index (χ4v) is 1.84. The first kappa shape index (κ1) is 20.2. The van der Waals surface area contributed by atoms with Crippen molar-refractivity contribution in [2.75, 3.05) is 0 Å². The van der Waals surface area contributed by atoms with Gasteiger partial charge in [-0.2, -0.15) is 0 Å². The van der Waals surface area contributed by atoms with E-state index in [1.807, 2.05) is 36.5 Å². The van der Waals surface area contributed by atoms with E-state index in [1.54, 1.807) is 0 Å². The molecule has 0 amide bonds. The first-order valence-electron chi connectivity index (χ1n) is 8.30. The molecule has 0 aliphatic carbocycles. The third-order valence-corrected chi connectivity index (χ3v) is 3.05. The van der Waals surface area contributed by atoms with Crippen molar-refractivity contribution in [2.24, 2.45) is 0 Å². The number of unbranched alkanes of at least 4 members (excludes halogenated alkanes) is 5. The lowest BCUT2D eigenvalue weighted by molar-refractivity contribution is -0.137. The van der Waals surface area contributed by atoms with E-state index in [0.29, 0.717) is 6.42 Å². The quantitative estimate of drug-likeness (QED) is 0.335. The zero-order valence-electron chi connectivity index (χ0n) is 13.8. The highest BCUT2D eigenvalue weighted by atomic mass is 16.4. The molecule has 0 saturated heterocycles. The summed E-state index contributed by atoms with van der Waals surface area (Å²) in [7, 11) is 0. The molecule has 2 nitrogen and oxygen atoms in total. The Morgan fingerprint density at radius 3 is 1.82 bits per heavy atom. The maximum absolute atomic E-state index is 10.3. The minimum absolute atomic E-state index is 0.308. The van der Waals surface area contributed by atoms with Crippen molar-refractivity contribution in [2.45, 2.75) is 58.3 Å². The van der Waals surface area contributed by atoms with Crippen molar-refractivity contribution in [3.8, 4) is 0 Å². The molecule has 0 aromatic rings. The molecular formula is C20H30O2. The van der Waals surface area contributed by atoms with Crippen LogP contribution >= 0.6 is 0 Å². The van der Waals surface area contributed by atoms with Crippen LogP contribution in [0, 0.1) is 0 Å². The molecule has 0 aromatic heterocycles. The molecule has 0 aliphatic heterocycles. The molecule has 0 unspecified atom stereocenters. The maximum atomic E-state index is 10.3. The van der Waals surface area contributed by atoms with Gasteiger partial charge in [0.25, 0.3) is 0 Å². The van der Waals surface area contributed by atoms with Crippen LogP contribution in [-0.4, -0.2) is 11.1 Å². The first-order chi connectivity index (χ1) is 10.8. The first-order valence-corrected chi connectivity index (χ1v) is 8.30. The molecular weight excluding hydrogens is 272 g/mol. The number of rotatable bonds is 13. The smallest absolute Gasteiger partial charge is 0.303 e. The summed E-state index contributed by atoms with van der Waals surface area (Å²) in [6.07, 6.45) is 28.4. The van der Waals surface area contributed by atoms with Crippen LogP contribution in [0.4, 0.5) is 0 Å². The lowest BCUT2D eigenvalue weighted by atomic mass is 10.1. The van der Waals surface area contributed by atoms with E-state index in [-0.39, 0.29) is 0 Å². The standard InChI is InChI=1S/C20H30O2/c1-2-3-4-5-6-7-8-9-10-11-12-13-14-15-16-17-18-19-20(21)22/h3-12H,2,13-19H2,1H3,(H,21,22)/b4-3+,6-5+,8-7+,10-9+,12-11+. The number of hydrogen-bond acceptors (Lipinski definition) is 1. The summed E-state index contributed by atoms with van der Waals surface area (Å²) >= 11 is 0. The fraction of sp³-hybridized carbons (Fsp3) is 0.450.